The number of aliphatic hydroxyl groups is 1. The van der Waals surface area contributed by atoms with Gasteiger partial charge in [-0.3, -0.25) is 19.2 Å². The third-order valence-electron chi connectivity index (χ3n) is 10.1. The average Bonchev–Trinajstić information content (AvgIpc) is 3.63. The highest BCUT2D eigenvalue weighted by atomic mass is 79.9. The summed E-state index contributed by atoms with van der Waals surface area (Å²) in [6.07, 6.45) is 3.99. The Hall–Kier alpha value is -3.02. The molecule has 11 heteroatoms. The van der Waals surface area contributed by atoms with Gasteiger partial charge in [-0.2, -0.15) is 0 Å². The standard InChI is InChI=1S/C38H54BrN3O7/c1-9-12-18-28(44)40-21-27(24-16-14-13-15-17-24)48-35(47)29-30-33(45)42(25(11-3)22-43)32(38(30)20-26(39)31(29)49-38)34(46)41(19-10-2)37(7,8)23-36(4,5)6/h9-10,13-17,25-27,29-32,43H,1-2,11-12,18-23H2,3-8H3,(H,40,44)/t25-,26?,27-,29-,30+,31-,32-,38+/m0/s1. The molecule has 0 aromatic heterocycles. The summed E-state index contributed by atoms with van der Waals surface area (Å²) in [7, 11) is 0. The van der Waals surface area contributed by atoms with Crippen LogP contribution in [0.1, 0.15) is 85.3 Å². The number of amides is 3. The SMILES string of the molecule is C=CCCC(=O)NC[C@H](OC(=O)[C@@H]1[C@H]2O[C@@]3(CC2Br)[C@H](C(=O)N(CC=C)C(C)(C)CC(C)(C)C)N([C@@H](CC)CO)C(=O)[C@@H]13)c1ccccc1. The lowest BCUT2D eigenvalue weighted by atomic mass is 9.70. The number of rotatable bonds is 16. The van der Waals surface area contributed by atoms with E-state index in [9.17, 15) is 19.5 Å². The Morgan fingerprint density at radius 1 is 1.18 bits per heavy atom. The Bertz CT molecular complexity index is 1390. The molecule has 1 unspecified atom stereocenters. The van der Waals surface area contributed by atoms with Crippen molar-refractivity contribution in [2.24, 2.45) is 17.3 Å². The minimum Gasteiger partial charge on any atom is -0.455 e. The number of nitrogens with one attached hydrogen (secondary N) is 1. The highest BCUT2D eigenvalue weighted by molar-refractivity contribution is 9.09. The molecule has 0 radical (unpaired) electrons. The molecular formula is C38H54BrN3O7. The van der Waals surface area contributed by atoms with E-state index in [1.807, 2.05) is 51.1 Å². The van der Waals surface area contributed by atoms with Gasteiger partial charge in [0.15, 0.2) is 0 Å². The Morgan fingerprint density at radius 3 is 2.43 bits per heavy atom. The molecule has 0 saturated carbocycles. The first-order chi connectivity index (χ1) is 23.1. The molecule has 3 saturated heterocycles. The number of nitrogens with zero attached hydrogens (tertiary/aromatic N) is 2. The zero-order chi connectivity index (χ0) is 36.3. The van der Waals surface area contributed by atoms with Crippen molar-refractivity contribution < 1.29 is 33.8 Å². The average molecular weight is 745 g/mol. The van der Waals surface area contributed by atoms with Crippen LogP contribution in [-0.4, -0.2) is 92.4 Å². The van der Waals surface area contributed by atoms with E-state index in [0.717, 1.165) is 0 Å². The minimum atomic E-state index is -1.32. The Morgan fingerprint density at radius 2 is 1.86 bits per heavy atom. The largest absolute Gasteiger partial charge is 0.455 e. The zero-order valence-corrected chi connectivity index (χ0v) is 31.4. The summed E-state index contributed by atoms with van der Waals surface area (Å²) in [4.78, 5) is 59.4. The second-order valence-electron chi connectivity index (χ2n) is 15.4. The Balaban J connectivity index is 1.73. The molecule has 3 heterocycles. The van der Waals surface area contributed by atoms with Crippen LogP contribution in [0.25, 0.3) is 0 Å². The molecular weight excluding hydrogens is 690 g/mol. The zero-order valence-electron chi connectivity index (χ0n) is 29.8. The van der Waals surface area contributed by atoms with Gasteiger partial charge in [-0.15, -0.1) is 13.2 Å². The Labute approximate surface area is 299 Å². The summed E-state index contributed by atoms with van der Waals surface area (Å²) in [5.74, 6) is -3.54. The second kappa shape index (κ2) is 15.5. The highest BCUT2D eigenvalue weighted by Gasteiger charge is 2.77. The van der Waals surface area contributed by atoms with Crippen molar-refractivity contribution in [3.8, 4) is 0 Å². The normalized spacial score (nSPS) is 27.3. The van der Waals surface area contributed by atoms with E-state index in [0.29, 0.717) is 31.2 Å². The van der Waals surface area contributed by atoms with Gasteiger partial charge in [0.25, 0.3) is 0 Å². The molecule has 8 atom stereocenters. The molecule has 270 valence electrons. The maximum Gasteiger partial charge on any atom is 0.313 e. The van der Waals surface area contributed by atoms with Crippen LogP contribution in [0.5, 0.6) is 0 Å². The van der Waals surface area contributed by atoms with Crippen molar-refractivity contribution in [1.29, 1.82) is 0 Å². The molecule has 2 bridgehead atoms. The lowest BCUT2D eigenvalue weighted by molar-refractivity contribution is -0.161. The van der Waals surface area contributed by atoms with Crippen molar-refractivity contribution in [2.75, 3.05) is 19.7 Å². The van der Waals surface area contributed by atoms with Crippen LogP contribution in [0.3, 0.4) is 0 Å². The number of carbonyl (C=O) groups excluding carboxylic acids is 4. The van der Waals surface area contributed by atoms with Gasteiger partial charge >= 0.3 is 5.97 Å². The smallest absolute Gasteiger partial charge is 0.313 e. The van der Waals surface area contributed by atoms with E-state index in [2.05, 4.69) is 55.2 Å². The third kappa shape index (κ3) is 7.84. The minimum absolute atomic E-state index is 0.0422. The molecule has 3 amide bonds. The van der Waals surface area contributed by atoms with Gasteiger partial charge in [-0.25, -0.2) is 0 Å². The molecule has 3 aliphatic heterocycles. The van der Waals surface area contributed by atoms with Crippen molar-refractivity contribution in [2.45, 2.75) is 114 Å². The molecule has 10 nitrogen and oxygen atoms in total. The van der Waals surface area contributed by atoms with E-state index in [1.165, 1.54) is 4.90 Å². The first-order valence-corrected chi connectivity index (χ1v) is 18.3. The summed E-state index contributed by atoms with van der Waals surface area (Å²) in [5, 5.41) is 13.4. The van der Waals surface area contributed by atoms with Gasteiger partial charge in [0.2, 0.25) is 17.7 Å². The number of halogens is 1. The quantitative estimate of drug-likeness (QED) is 0.137. The van der Waals surface area contributed by atoms with Crippen LogP contribution in [0, 0.1) is 17.3 Å². The van der Waals surface area contributed by atoms with E-state index in [4.69, 9.17) is 9.47 Å². The topological polar surface area (TPSA) is 125 Å². The van der Waals surface area contributed by atoms with E-state index < -0.39 is 59.1 Å². The fourth-order valence-corrected chi connectivity index (χ4v) is 9.31. The van der Waals surface area contributed by atoms with Gasteiger partial charge in [-0.1, -0.05) is 86.1 Å². The molecule has 1 spiro atoms. The molecule has 2 N–H and O–H groups in total. The number of carbonyl (C=O) groups is 4. The van der Waals surface area contributed by atoms with E-state index >= 15 is 4.79 Å². The predicted molar refractivity (Wildman–Crippen MR) is 191 cm³/mol. The van der Waals surface area contributed by atoms with Crippen molar-refractivity contribution >= 4 is 39.6 Å². The number of alkyl halides is 1. The number of likely N-dealkylation sites (tertiary alicyclic amines) is 1. The number of allylic oxidation sites excluding steroid dienone is 1. The van der Waals surface area contributed by atoms with Crippen molar-refractivity contribution in [3.05, 3.63) is 61.2 Å². The van der Waals surface area contributed by atoms with Crippen LogP contribution >= 0.6 is 15.9 Å². The fourth-order valence-electron chi connectivity index (χ4n) is 8.37. The number of hydrogen-bond donors (Lipinski definition) is 2. The number of fused-ring (bicyclic) bond motifs is 1. The van der Waals surface area contributed by atoms with Crippen LogP contribution in [0.15, 0.2) is 55.6 Å². The van der Waals surface area contributed by atoms with Crippen LogP contribution in [-0.2, 0) is 28.7 Å². The molecule has 3 aliphatic rings. The fraction of sp³-hybridized carbons (Fsp3) is 0.632. The summed E-state index contributed by atoms with van der Waals surface area (Å²) in [6.45, 7) is 19.8. The summed E-state index contributed by atoms with van der Waals surface area (Å²) in [6, 6.07) is 7.40. The molecule has 3 fully saturated rings. The van der Waals surface area contributed by atoms with E-state index in [-0.39, 0.29) is 48.2 Å². The number of ether oxygens (including phenoxy) is 2. The second-order valence-corrected chi connectivity index (χ2v) is 16.6. The summed E-state index contributed by atoms with van der Waals surface area (Å²) >= 11 is 3.74. The summed E-state index contributed by atoms with van der Waals surface area (Å²) < 4.78 is 12.9. The van der Waals surface area contributed by atoms with Gasteiger partial charge in [0.05, 0.1) is 37.1 Å². The maximum atomic E-state index is 15.0. The van der Waals surface area contributed by atoms with Crippen molar-refractivity contribution in [1.82, 2.24) is 15.1 Å². The lowest BCUT2D eigenvalue weighted by Crippen LogP contribution is -2.62. The molecule has 4 rings (SSSR count). The lowest BCUT2D eigenvalue weighted by Gasteiger charge is -2.46. The van der Waals surface area contributed by atoms with Gasteiger partial charge < -0.3 is 29.7 Å². The van der Waals surface area contributed by atoms with Crippen LogP contribution < -0.4 is 5.32 Å². The molecule has 49 heavy (non-hydrogen) atoms. The molecule has 1 aromatic carbocycles. The number of esters is 1. The molecule has 0 aliphatic carbocycles. The first kappa shape index (κ1) is 38.8. The highest BCUT2D eigenvalue weighted by Crippen LogP contribution is 2.61. The van der Waals surface area contributed by atoms with Crippen LogP contribution in [0.4, 0.5) is 0 Å². The third-order valence-corrected chi connectivity index (χ3v) is 10.9. The predicted octanol–water partition coefficient (Wildman–Crippen LogP) is 5.10. The summed E-state index contributed by atoms with van der Waals surface area (Å²) in [5.41, 5.74) is -1.35. The number of benzene rings is 1. The number of hydrogen-bond acceptors (Lipinski definition) is 7. The maximum absolute atomic E-state index is 15.0. The van der Waals surface area contributed by atoms with Gasteiger partial charge in [-0.05, 0) is 50.5 Å². The first-order valence-electron chi connectivity index (χ1n) is 17.4. The van der Waals surface area contributed by atoms with Crippen molar-refractivity contribution in [3.63, 3.8) is 0 Å². The monoisotopic (exact) mass is 743 g/mol. The van der Waals surface area contributed by atoms with Crippen LogP contribution in [0.2, 0.25) is 0 Å². The number of aliphatic hydroxyl groups excluding tert-OH is 1. The van der Waals surface area contributed by atoms with E-state index in [1.54, 1.807) is 17.1 Å². The molecule has 1 aromatic rings. The Kier molecular flexibility index (Phi) is 12.2. The van der Waals surface area contributed by atoms with Gasteiger partial charge in [0.1, 0.15) is 17.7 Å². The van der Waals surface area contributed by atoms with Gasteiger partial charge in [0, 0.05) is 23.3 Å².